The summed E-state index contributed by atoms with van der Waals surface area (Å²) in [6.07, 6.45) is 0. The van der Waals surface area contributed by atoms with Crippen molar-refractivity contribution >= 4 is 50.6 Å². The number of hydrogen-bond acceptors (Lipinski definition) is 0. The van der Waals surface area contributed by atoms with E-state index in [1.807, 2.05) is 54.6 Å². The van der Waals surface area contributed by atoms with Gasteiger partial charge in [0.1, 0.15) is 0 Å². The molecule has 0 fully saturated rings. The Morgan fingerprint density at radius 1 is 0.329 bits per heavy atom. The molecule has 356 valence electrons. The number of fused-ring (bicyclic) bond motifs is 3. The molecule has 1 aromatic heterocycles. The molecule has 3 aliphatic rings. The van der Waals surface area contributed by atoms with Gasteiger partial charge in [0.15, 0.2) is 8.07 Å². The molecule has 3 aliphatic carbocycles. The van der Waals surface area contributed by atoms with E-state index in [-0.39, 0.29) is 51.7 Å². The monoisotopic (exact) mass is 996 g/mol. The van der Waals surface area contributed by atoms with Crippen LogP contribution in [0.25, 0.3) is 72.0 Å². The summed E-state index contributed by atoms with van der Waals surface area (Å²) in [6, 6.07) is 63.1. The van der Waals surface area contributed by atoms with E-state index in [0.29, 0.717) is 16.7 Å². The maximum absolute atomic E-state index is 9.22. The van der Waals surface area contributed by atoms with Gasteiger partial charge in [0, 0.05) is 22.6 Å². The largest absolute Gasteiger partial charge is 0.309 e. The zero-order valence-corrected chi connectivity index (χ0v) is 41.7. The number of benzene rings is 12. The number of rotatable bonds is 9. The molecule has 16 rings (SSSR count). The van der Waals surface area contributed by atoms with Crippen LogP contribution >= 0.6 is 0 Å². The fourth-order valence-electron chi connectivity index (χ4n) is 12.9. The van der Waals surface area contributed by atoms with Crippen molar-refractivity contribution in [1.29, 1.82) is 0 Å². The highest BCUT2D eigenvalue weighted by molar-refractivity contribution is 7.20. The van der Waals surface area contributed by atoms with Crippen LogP contribution in [0.3, 0.4) is 0 Å². The van der Waals surface area contributed by atoms with Crippen molar-refractivity contribution in [3.05, 3.63) is 330 Å². The summed E-state index contributed by atoms with van der Waals surface area (Å²) in [6.45, 7) is 0. The summed E-state index contributed by atoms with van der Waals surface area (Å²) >= 11 is 0. The molecule has 1 nitrogen and oxygen atoms in total. The molecule has 2 atom stereocenters. The highest BCUT2D eigenvalue weighted by atomic mass is 28.3. The lowest BCUT2D eigenvalue weighted by atomic mass is 9.60. The van der Waals surface area contributed by atoms with Crippen molar-refractivity contribution in [3.8, 4) is 50.2 Å². The molecule has 0 radical (unpaired) electrons. The van der Waals surface area contributed by atoms with Crippen LogP contribution in [0.5, 0.6) is 0 Å². The predicted octanol–water partition coefficient (Wildman–Crippen LogP) is 15.8. The maximum atomic E-state index is 9.22. The molecule has 0 spiro atoms. The molecule has 13 aromatic rings. The Labute approximate surface area is 466 Å². The molecule has 0 amide bonds. The first-order valence-electron chi connectivity index (χ1n) is 32.9. The average molecular weight is 997 g/mol. The van der Waals surface area contributed by atoms with Gasteiger partial charge in [-0.3, -0.25) is 0 Å². The van der Waals surface area contributed by atoms with Gasteiger partial charge in [-0.1, -0.05) is 273 Å². The second kappa shape index (κ2) is 18.0. The Morgan fingerprint density at radius 3 is 1.51 bits per heavy atom. The lowest BCUT2D eigenvalue weighted by Crippen LogP contribution is -2.75. The van der Waals surface area contributed by atoms with Crippen LogP contribution in [0, 0.1) is 0 Å². The van der Waals surface area contributed by atoms with Gasteiger partial charge >= 0.3 is 0 Å². The van der Waals surface area contributed by atoms with Gasteiger partial charge in [-0.15, -0.1) is 0 Å². The summed E-state index contributed by atoms with van der Waals surface area (Å²) in [5.74, 6) is -0.555. The maximum Gasteiger partial charge on any atom is 0.179 e. The molecular formula is C74H51NSi. The van der Waals surface area contributed by atoms with Crippen molar-refractivity contribution in [2.75, 3.05) is 0 Å². The highest BCUT2D eigenvalue weighted by Crippen LogP contribution is 2.57. The lowest BCUT2D eigenvalue weighted by Gasteiger charge is -2.47. The summed E-state index contributed by atoms with van der Waals surface area (Å²) in [5, 5.41) is 5.98. The molecule has 1 heterocycles. The standard InChI is InChI=1S/C74H51NSi/c1-6-24-50(25-7-1)53-30-20-35-57(48-53)76(55-31-12-4-13-32-55,56-33-14-5-15-34-56)69-45-23-42-64-71-61-37-16-17-38-62(61)74(73(64)69)72-63(71)41-22-44-68(72)75-66-43-19-18-36-60(66)65-49-54(46-47-67(65)75)70-58(51-26-8-2-9-27-51)39-21-40-59(70)52-28-10-3-11-29-52/h1-49,71,74H/i1D,2D,3D,6D,7D,8D,9D,10D,11D,24D,25D,26D,27D,28D,29D. The molecule has 2 unspecified atom stereocenters. The van der Waals surface area contributed by atoms with Gasteiger partial charge in [0.05, 0.1) is 37.3 Å². The van der Waals surface area contributed by atoms with Crippen molar-refractivity contribution in [2.45, 2.75) is 11.8 Å². The molecule has 0 saturated carbocycles. The normalized spacial score (nSPS) is 17.1. The number of nitrogens with zero attached hydrogens (tertiary/aromatic N) is 1. The fourth-order valence-corrected chi connectivity index (χ4v) is 18.0. The van der Waals surface area contributed by atoms with Gasteiger partial charge in [0.2, 0.25) is 0 Å². The van der Waals surface area contributed by atoms with E-state index in [0.717, 1.165) is 64.9 Å². The third-order valence-corrected chi connectivity index (χ3v) is 20.6. The van der Waals surface area contributed by atoms with Crippen LogP contribution in [0.4, 0.5) is 0 Å². The summed E-state index contributed by atoms with van der Waals surface area (Å²) in [7, 11) is -3.56. The zero-order valence-electron chi connectivity index (χ0n) is 55.7. The molecule has 2 bridgehead atoms. The van der Waals surface area contributed by atoms with Crippen LogP contribution in [0.1, 0.15) is 65.8 Å². The average Bonchev–Trinajstić information content (AvgIpc) is 1.29. The third kappa shape index (κ3) is 6.71. The van der Waals surface area contributed by atoms with Gasteiger partial charge in [0.25, 0.3) is 0 Å². The minimum absolute atomic E-state index is 0.100. The van der Waals surface area contributed by atoms with Crippen LogP contribution in [-0.4, -0.2) is 12.6 Å². The van der Waals surface area contributed by atoms with Crippen molar-refractivity contribution in [3.63, 3.8) is 0 Å². The van der Waals surface area contributed by atoms with Crippen LogP contribution in [0.2, 0.25) is 0 Å². The predicted molar refractivity (Wildman–Crippen MR) is 321 cm³/mol. The summed E-state index contributed by atoms with van der Waals surface area (Å²) in [4.78, 5) is 0. The SMILES string of the molecule is [2H]c1c([2H])c([2H])c(-c2cccc([Si](c3ccccc3)(c3ccccc3)c3cccc4c3C3c5ccccc5C4c4cccc(-n5c6ccccc6c6cc(-c7c(-c8c([2H])c([2H])c([2H])c([2H])c8[2H])cccc7-c7c([2H])c([2H])c([2H])c([2H])c7[2H])ccc65)c43)c2)c([2H])c1[2H]. The van der Waals surface area contributed by atoms with E-state index in [4.69, 9.17) is 15.1 Å². The van der Waals surface area contributed by atoms with Crippen LogP contribution < -0.4 is 20.7 Å². The first-order chi connectivity index (χ1) is 44.0. The Morgan fingerprint density at radius 2 is 0.842 bits per heavy atom. The van der Waals surface area contributed by atoms with Gasteiger partial charge < -0.3 is 4.57 Å². The molecular weight excluding hydrogens is 931 g/mol. The van der Waals surface area contributed by atoms with Crippen molar-refractivity contribution in [2.24, 2.45) is 0 Å². The van der Waals surface area contributed by atoms with Gasteiger partial charge in [-0.05, 0) is 123 Å². The lowest BCUT2D eigenvalue weighted by molar-refractivity contribution is 0.752. The molecule has 12 aromatic carbocycles. The molecule has 0 aliphatic heterocycles. The van der Waals surface area contributed by atoms with E-state index in [1.54, 1.807) is 18.2 Å². The topological polar surface area (TPSA) is 4.93 Å². The van der Waals surface area contributed by atoms with E-state index < -0.39 is 86.6 Å². The summed E-state index contributed by atoms with van der Waals surface area (Å²) < 4.78 is 135. The first-order valence-corrected chi connectivity index (χ1v) is 27.4. The zero-order chi connectivity index (χ0) is 63.2. The van der Waals surface area contributed by atoms with E-state index in [1.165, 1.54) is 16.7 Å². The quantitative estimate of drug-likeness (QED) is 0.100. The first kappa shape index (κ1) is 31.4. The number of para-hydroxylation sites is 1. The second-order valence-electron chi connectivity index (χ2n) is 19.5. The fraction of sp³-hybridized carbons (Fsp3) is 0.0270. The van der Waals surface area contributed by atoms with E-state index in [2.05, 4.69) is 138 Å². The second-order valence-corrected chi connectivity index (χ2v) is 23.2. The smallest absolute Gasteiger partial charge is 0.179 e. The minimum Gasteiger partial charge on any atom is -0.309 e. The van der Waals surface area contributed by atoms with Crippen LogP contribution in [-0.2, 0) is 0 Å². The molecule has 0 N–H and O–H groups in total. The Balaban J connectivity index is 1.00. The third-order valence-electron chi connectivity index (χ3n) is 15.8. The minimum atomic E-state index is -3.56. The summed E-state index contributed by atoms with van der Waals surface area (Å²) in [5.41, 5.74) is 11.4. The van der Waals surface area contributed by atoms with Crippen molar-refractivity contribution in [1.82, 2.24) is 4.57 Å². The van der Waals surface area contributed by atoms with E-state index in [9.17, 15) is 5.48 Å². The highest BCUT2D eigenvalue weighted by Gasteiger charge is 2.50. The van der Waals surface area contributed by atoms with Crippen LogP contribution in [0.15, 0.2) is 297 Å². The van der Waals surface area contributed by atoms with Gasteiger partial charge in [-0.2, -0.15) is 0 Å². The number of hydrogen-bond donors (Lipinski definition) is 0. The Hall–Kier alpha value is -9.34. The molecule has 0 saturated heterocycles. The van der Waals surface area contributed by atoms with E-state index >= 15 is 0 Å². The van der Waals surface area contributed by atoms with Gasteiger partial charge in [-0.25, -0.2) is 0 Å². The number of aromatic nitrogens is 1. The Kier molecular flexibility index (Phi) is 7.42. The molecule has 76 heavy (non-hydrogen) atoms. The van der Waals surface area contributed by atoms with Crippen molar-refractivity contribution < 1.29 is 20.6 Å². The molecule has 2 heteroatoms. The Bertz CT molecular complexity index is 5060.